The Kier molecular flexibility index (Phi) is 2.96. The summed E-state index contributed by atoms with van der Waals surface area (Å²) in [6.07, 6.45) is 3.95. The van der Waals surface area contributed by atoms with Crippen molar-refractivity contribution in [2.24, 2.45) is 5.92 Å². The predicted octanol–water partition coefficient (Wildman–Crippen LogP) is 1.71. The maximum absolute atomic E-state index is 10.4. The van der Waals surface area contributed by atoms with Crippen LogP contribution in [0.25, 0.3) is 0 Å². The molecule has 3 atom stereocenters. The number of hydrogen-bond donors (Lipinski definition) is 0. The maximum atomic E-state index is 10.4. The lowest BCUT2D eigenvalue weighted by molar-refractivity contribution is -0.111. The van der Waals surface area contributed by atoms with E-state index in [4.69, 9.17) is 7.85 Å². The molecule has 0 aromatic rings. The number of rotatable bonds is 1. The van der Waals surface area contributed by atoms with Crippen LogP contribution in [-0.4, -0.2) is 19.0 Å². The third-order valence-corrected chi connectivity index (χ3v) is 2.90. The van der Waals surface area contributed by atoms with Crippen LogP contribution in [0.2, 0.25) is 5.82 Å². The first-order chi connectivity index (χ1) is 4.74. The van der Waals surface area contributed by atoms with Crippen molar-refractivity contribution in [1.82, 2.24) is 0 Å². The number of carbonyl (C=O) groups is 1. The molecule has 54 valence electrons. The Balaban J connectivity index is 2.43. The Morgan fingerprint density at radius 3 is 2.70 bits per heavy atom. The SMILES string of the molecule is [B]C1CC(Br)CCC1C=O. The van der Waals surface area contributed by atoms with Gasteiger partial charge in [0.15, 0.2) is 0 Å². The van der Waals surface area contributed by atoms with Crippen molar-refractivity contribution in [3.05, 3.63) is 0 Å². The van der Waals surface area contributed by atoms with E-state index in [1.807, 2.05) is 0 Å². The van der Waals surface area contributed by atoms with E-state index in [1.165, 1.54) is 0 Å². The number of halogens is 1. The molecule has 1 nitrogen and oxygen atoms in total. The van der Waals surface area contributed by atoms with Gasteiger partial charge in [-0.05, 0) is 19.3 Å². The number of aldehydes is 1. The highest BCUT2D eigenvalue weighted by Crippen LogP contribution is 2.34. The van der Waals surface area contributed by atoms with Gasteiger partial charge in [0.05, 0.1) is 7.85 Å². The molecule has 1 fully saturated rings. The number of carbonyl (C=O) groups excluding carboxylic acids is 1. The van der Waals surface area contributed by atoms with Gasteiger partial charge in [0, 0.05) is 10.7 Å². The molecule has 0 saturated heterocycles. The van der Waals surface area contributed by atoms with E-state index in [0.717, 1.165) is 25.5 Å². The fraction of sp³-hybridized carbons (Fsp3) is 0.857. The fourth-order valence-corrected chi connectivity index (χ4v) is 2.04. The Bertz CT molecular complexity index is 129. The summed E-state index contributed by atoms with van der Waals surface area (Å²) in [4.78, 5) is 10.9. The molecule has 0 aromatic heterocycles. The van der Waals surface area contributed by atoms with Gasteiger partial charge in [-0.1, -0.05) is 21.7 Å². The van der Waals surface area contributed by atoms with Gasteiger partial charge >= 0.3 is 0 Å². The molecule has 0 heterocycles. The van der Waals surface area contributed by atoms with Crippen molar-refractivity contribution < 1.29 is 4.79 Å². The molecule has 10 heavy (non-hydrogen) atoms. The molecule has 3 unspecified atom stereocenters. The van der Waals surface area contributed by atoms with Crippen molar-refractivity contribution in [2.45, 2.75) is 29.9 Å². The molecular formula is C7H10BBrO. The lowest BCUT2D eigenvalue weighted by atomic mass is 9.69. The zero-order valence-corrected chi connectivity index (χ0v) is 7.38. The largest absolute Gasteiger partial charge is 0.303 e. The van der Waals surface area contributed by atoms with Crippen molar-refractivity contribution in [1.29, 1.82) is 0 Å². The van der Waals surface area contributed by atoms with Crippen LogP contribution >= 0.6 is 15.9 Å². The zero-order valence-electron chi connectivity index (χ0n) is 5.79. The van der Waals surface area contributed by atoms with E-state index in [1.54, 1.807) is 0 Å². The lowest BCUT2D eigenvalue weighted by Gasteiger charge is -2.27. The van der Waals surface area contributed by atoms with Crippen LogP contribution in [-0.2, 0) is 4.79 Å². The van der Waals surface area contributed by atoms with E-state index < -0.39 is 0 Å². The van der Waals surface area contributed by atoms with Crippen LogP contribution in [0, 0.1) is 5.92 Å². The monoisotopic (exact) mass is 200 g/mol. The van der Waals surface area contributed by atoms with Crippen LogP contribution in [0.5, 0.6) is 0 Å². The summed E-state index contributed by atoms with van der Waals surface area (Å²) >= 11 is 3.49. The smallest absolute Gasteiger partial charge is 0.122 e. The standard InChI is InChI=1S/C7H10BBrO/c8-7-3-6(9)2-1-5(7)4-10/h4-7H,1-3H2. The molecule has 1 rings (SSSR count). The molecule has 0 aliphatic heterocycles. The van der Waals surface area contributed by atoms with Crippen molar-refractivity contribution in [3.63, 3.8) is 0 Å². The second kappa shape index (κ2) is 3.56. The quantitative estimate of drug-likeness (QED) is 0.358. The minimum absolute atomic E-state index is 0.0793. The van der Waals surface area contributed by atoms with Gasteiger partial charge in [0.2, 0.25) is 0 Å². The Labute approximate surface area is 71.1 Å². The highest BCUT2D eigenvalue weighted by Gasteiger charge is 2.24. The van der Waals surface area contributed by atoms with Crippen LogP contribution < -0.4 is 0 Å². The summed E-state index contributed by atoms with van der Waals surface area (Å²) in [6, 6.07) is 0. The Morgan fingerprint density at radius 2 is 2.20 bits per heavy atom. The fourth-order valence-electron chi connectivity index (χ4n) is 1.34. The first-order valence-electron chi connectivity index (χ1n) is 3.59. The van der Waals surface area contributed by atoms with Gasteiger partial charge in [-0.25, -0.2) is 0 Å². The third kappa shape index (κ3) is 1.85. The highest BCUT2D eigenvalue weighted by molar-refractivity contribution is 9.09. The normalized spacial score (nSPS) is 41.1. The molecule has 1 saturated carbocycles. The summed E-state index contributed by atoms with van der Waals surface area (Å²) in [5, 5.41) is 0. The Morgan fingerprint density at radius 1 is 1.50 bits per heavy atom. The van der Waals surface area contributed by atoms with Crippen molar-refractivity contribution >= 4 is 30.1 Å². The minimum atomic E-state index is 0.0793. The minimum Gasteiger partial charge on any atom is -0.303 e. The topological polar surface area (TPSA) is 17.1 Å². The van der Waals surface area contributed by atoms with Gasteiger partial charge in [-0.15, -0.1) is 0 Å². The first-order valence-corrected chi connectivity index (χ1v) is 4.50. The van der Waals surface area contributed by atoms with E-state index in [-0.39, 0.29) is 11.7 Å². The van der Waals surface area contributed by atoms with Gasteiger partial charge < -0.3 is 4.79 Å². The summed E-state index contributed by atoms with van der Waals surface area (Å²) < 4.78 is 0. The summed E-state index contributed by atoms with van der Waals surface area (Å²) in [7, 11) is 5.72. The van der Waals surface area contributed by atoms with Crippen molar-refractivity contribution in [2.75, 3.05) is 0 Å². The average molecular weight is 201 g/mol. The predicted molar refractivity (Wildman–Crippen MR) is 45.6 cm³/mol. The van der Waals surface area contributed by atoms with Crippen molar-refractivity contribution in [3.8, 4) is 0 Å². The molecular weight excluding hydrogens is 191 g/mol. The van der Waals surface area contributed by atoms with E-state index in [9.17, 15) is 4.79 Å². The average Bonchev–Trinajstić information content (AvgIpc) is 1.88. The van der Waals surface area contributed by atoms with E-state index in [0.29, 0.717) is 4.83 Å². The second-order valence-electron chi connectivity index (χ2n) is 2.87. The van der Waals surface area contributed by atoms with Crippen LogP contribution in [0.1, 0.15) is 19.3 Å². The molecule has 1 aliphatic carbocycles. The molecule has 2 radical (unpaired) electrons. The van der Waals surface area contributed by atoms with Gasteiger partial charge in [0.1, 0.15) is 6.29 Å². The first kappa shape index (κ1) is 8.31. The van der Waals surface area contributed by atoms with Gasteiger partial charge in [-0.2, -0.15) is 0 Å². The van der Waals surface area contributed by atoms with Gasteiger partial charge in [-0.3, -0.25) is 0 Å². The highest BCUT2D eigenvalue weighted by atomic mass is 79.9. The molecule has 0 aromatic carbocycles. The zero-order chi connectivity index (χ0) is 7.56. The number of hydrogen-bond acceptors (Lipinski definition) is 1. The molecule has 0 N–H and O–H groups in total. The van der Waals surface area contributed by atoms with E-state index in [2.05, 4.69) is 15.9 Å². The lowest BCUT2D eigenvalue weighted by Crippen LogP contribution is -2.21. The maximum Gasteiger partial charge on any atom is 0.122 e. The summed E-state index contributed by atoms with van der Waals surface area (Å²) in [6.45, 7) is 0. The van der Waals surface area contributed by atoms with Crippen LogP contribution in [0.4, 0.5) is 0 Å². The summed E-state index contributed by atoms with van der Waals surface area (Å²) in [5.41, 5.74) is 0. The number of alkyl halides is 1. The van der Waals surface area contributed by atoms with E-state index >= 15 is 0 Å². The molecule has 1 aliphatic rings. The molecule has 0 bridgehead atoms. The van der Waals surface area contributed by atoms with Gasteiger partial charge in [0.25, 0.3) is 0 Å². The second-order valence-corrected chi connectivity index (χ2v) is 4.17. The third-order valence-electron chi connectivity index (χ3n) is 2.07. The van der Waals surface area contributed by atoms with Crippen LogP contribution in [0.15, 0.2) is 0 Å². The Hall–Kier alpha value is 0.215. The van der Waals surface area contributed by atoms with Crippen LogP contribution in [0.3, 0.4) is 0 Å². The molecule has 0 amide bonds. The summed E-state index contributed by atoms with van der Waals surface area (Å²) in [5.74, 6) is 0.185. The molecule has 3 heteroatoms. The molecule has 0 spiro atoms.